The van der Waals surface area contributed by atoms with Crippen molar-refractivity contribution in [1.82, 2.24) is 5.32 Å². The summed E-state index contributed by atoms with van der Waals surface area (Å²) in [6.07, 6.45) is 0.413. The van der Waals surface area contributed by atoms with E-state index in [4.69, 9.17) is 0 Å². The second-order valence-electron chi connectivity index (χ2n) is 5.40. The van der Waals surface area contributed by atoms with E-state index in [1.807, 2.05) is 12.1 Å². The Morgan fingerprint density at radius 1 is 1.25 bits per heavy atom. The van der Waals surface area contributed by atoms with E-state index in [9.17, 15) is 5.11 Å². The van der Waals surface area contributed by atoms with Crippen LogP contribution in [-0.4, -0.2) is 11.2 Å². The fourth-order valence-corrected chi connectivity index (χ4v) is 3.37. The van der Waals surface area contributed by atoms with E-state index >= 15 is 0 Å². The lowest BCUT2D eigenvalue weighted by Crippen LogP contribution is -2.28. The molecule has 0 bridgehead atoms. The molecule has 0 heterocycles. The van der Waals surface area contributed by atoms with Crippen LogP contribution < -0.4 is 5.32 Å². The lowest BCUT2D eigenvalue weighted by Gasteiger charge is -2.19. The molecule has 0 spiro atoms. The molecule has 0 aromatic heterocycles. The molecule has 0 saturated carbocycles. The standard InChI is InChI=1S/C17H18BrNO/c1-11-8-14(18)7-6-13(11)10-19-17-15-5-3-2-4-12(15)9-16(17)20/h2-8,16-17,19-20H,9-10H2,1H3/t16-,17+/m1/s1. The predicted molar refractivity (Wildman–Crippen MR) is 84.6 cm³/mol. The second-order valence-corrected chi connectivity index (χ2v) is 6.32. The first kappa shape index (κ1) is 13.8. The molecular formula is C17H18BrNO. The Labute approximate surface area is 128 Å². The van der Waals surface area contributed by atoms with Gasteiger partial charge in [0.1, 0.15) is 0 Å². The summed E-state index contributed by atoms with van der Waals surface area (Å²) in [5.74, 6) is 0. The van der Waals surface area contributed by atoms with Gasteiger partial charge in [-0.15, -0.1) is 0 Å². The molecule has 1 aliphatic carbocycles. The highest BCUT2D eigenvalue weighted by molar-refractivity contribution is 9.10. The Kier molecular flexibility index (Phi) is 3.92. The molecule has 2 N–H and O–H groups in total. The molecular weight excluding hydrogens is 314 g/mol. The Morgan fingerprint density at radius 3 is 2.85 bits per heavy atom. The number of aryl methyl sites for hydroxylation is 1. The van der Waals surface area contributed by atoms with Gasteiger partial charge < -0.3 is 10.4 Å². The van der Waals surface area contributed by atoms with Gasteiger partial charge in [-0.1, -0.05) is 46.3 Å². The third kappa shape index (κ3) is 2.66. The van der Waals surface area contributed by atoms with Crippen molar-refractivity contribution >= 4 is 15.9 Å². The van der Waals surface area contributed by atoms with Crippen LogP contribution in [0.15, 0.2) is 46.9 Å². The van der Waals surface area contributed by atoms with Gasteiger partial charge in [0.25, 0.3) is 0 Å². The van der Waals surface area contributed by atoms with Crippen molar-refractivity contribution in [1.29, 1.82) is 0 Å². The first-order chi connectivity index (χ1) is 9.65. The number of aliphatic hydroxyl groups excluding tert-OH is 1. The number of hydrogen-bond acceptors (Lipinski definition) is 2. The molecule has 0 saturated heterocycles. The molecule has 20 heavy (non-hydrogen) atoms. The van der Waals surface area contributed by atoms with Gasteiger partial charge in [0.2, 0.25) is 0 Å². The molecule has 2 aromatic rings. The van der Waals surface area contributed by atoms with Crippen LogP contribution in [0.3, 0.4) is 0 Å². The van der Waals surface area contributed by atoms with Crippen molar-refractivity contribution in [3.05, 3.63) is 69.2 Å². The van der Waals surface area contributed by atoms with Crippen molar-refractivity contribution in [3.63, 3.8) is 0 Å². The number of nitrogens with one attached hydrogen (secondary N) is 1. The largest absolute Gasteiger partial charge is 0.391 e. The van der Waals surface area contributed by atoms with E-state index in [2.05, 4.69) is 58.5 Å². The van der Waals surface area contributed by atoms with E-state index in [1.54, 1.807) is 0 Å². The summed E-state index contributed by atoms with van der Waals surface area (Å²) in [5.41, 5.74) is 5.01. The molecule has 104 valence electrons. The fraction of sp³-hybridized carbons (Fsp3) is 0.294. The Balaban J connectivity index is 1.75. The van der Waals surface area contributed by atoms with Crippen molar-refractivity contribution in [2.75, 3.05) is 0 Å². The summed E-state index contributed by atoms with van der Waals surface area (Å²) in [4.78, 5) is 0. The zero-order valence-electron chi connectivity index (χ0n) is 11.4. The zero-order chi connectivity index (χ0) is 14.1. The first-order valence-corrected chi connectivity index (χ1v) is 7.69. The van der Waals surface area contributed by atoms with Gasteiger partial charge in [0.05, 0.1) is 12.1 Å². The van der Waals surface area contributed by atoms with Gasteiger partial charge in [0.15, 0.2) is 0 Å². The quantitative estimate of drug-likeness (QED) is 0.902. The van der Waals surface area contributed by atoms with E-state index < -0.39 is 0 Å². The molecule has 2 aromatic carbocycles. The Morgan fingerprint density at radius 2 is 2.05 bits per heavy atom. The van der Waals surface area contributed by atoms with Crippen LogP contribution in [0, 0.1) is 6.92 Å². The van der Waals surface area contributed by atoms with Gasteiger partial charge in [-0.05, 0) is 41.3 Å². The zero-order valence-corrected chi connectivity index (χ0v) is 13.0. The molecule has 2 nitrogen and oxygen atoms in total. The highest BCUT2D eigenvalue weighted by Gasteiger charge is 2.30. The van der Waals surface area contributed by atoms with Gasteiger partial charge in [-0.25, -0.2) is 0 Å². The minimum absolute atomic E-state index is 0.0363. The third-order valence-electron chi connectivity index (χ3n) is 4.02. The average molecular weight is 332 g/mol. The number of aliphatic hydroxyl groups is 1. The minimum atomic E-state index is -0.330. The van der Waals surface area contributed by atoms with Gasteiger partial charge in [0, 0.05) is 17.4 Å². The minimum Gasteiger partial charge on any atom is -0.391 e. The van der Waals surface area contributed by atoms with Crippen molar-refractivity contribution < 1.29 is 5.11 Å². The maximum atomic E-state index is 10.2. The van der Waals surface area contributed by atoms with Crippen LogP contribution in [0.4, 0.5) is 0 Å². The third-order valence-corrected chi connectivity index (χ3v) is 4.51. The Hall–Kier alpha value is -1.16. The SMILES string of the molecule is Cc1cc(Br)ccc1CN[C@H]1c2ccccc2C[C@H]1O. The van der Waals surface area contributed by atoms with Crippen molar-refractivity contribution in [3.8, 4) is 0 Å². The average Bonchev–Trinajstić information content (AvgIpc) is 2.74. The summed E-state index contributed by atoms with van der Waals surface area (Å²) < 4.78 is 1.10. The normalized spacial score (nSPS) is 20.9. The lowest BCUT2D eigenvalue weighted by atomic mass is 10.1. The van der Waals surface area contributed by atoms with E-state index in [0.29, 0.717) is 0 Å². The van der Waals surface area contributed by atoms with Crippen LogP contribution in [0.2, 0.25) is 0 Å². The molecule has 0 unspecified atom stereocenters. The Bertz CT molecular complexity index is 626. The number of hydrogen-bond donors (Lipinski definition) is 2. The summed E-state index contributed by atoms with van der Waals surface area (Å²) in [5, 5.41) is 13.7. The molecule has 0 aliphatic heterocycles. The van der Waals surface area contributed by atoms with Gasteiger partial charge >= 0.3 is 0 Å². The van der Waals surface area contributed by atoms with Crippen LogP contribution in [-0.2, 0) is 13.0 Å². The lowest BCUT2D eigenvalue weighted by molar-refractivity contribution is 0.140. The highest BCUT2D eigenvalue weighted by atomic mass is 79.9. The number of fused-ring (bicyclic) bond motifs is 1. The number of benzene rings is 2. The van der Waals surface area contributed by atoms with Crippen molar-refractivity contribution in [2.45, 2.75) is 32.0 Å². The van der Waals surface area contributed by atoms with Crippen LogP contribution >= 0.6 is 15.9 Å². The monoisotopic (exact) mass is 331 g/mol. The molecule has 0 radical (unpaired) electrons. The maximum Gasteiger partial charge on any atom is 0.0775 e. The van der Waals surface area contributed by atoms with Gasteiger partial charge in [-0.3, -0.25) is 0 Å². The summed E-state index contributed by atoms with van der Waals surface area (Å²) in [6.45, 7) is 2.88. The fourth-order valence-electron chi connectivity index (χ4n) is 2.90. The van der Waals surface area contributed by atoms with Crippen LogP contribution in [0.1, 0.15) is 28.3 Å². The van der Waals surface area contributed by atoms with E-state index in [1.165, 1.54) is 22.3 Å². The highest BCUT2D eigenvalue weighted by Crippen LogP contribution is 2.31. The summed E-state index contributed by atoms with van der Waals surface area (Å²) in [7, 11) is 0. The molecule has 0 amide bonds. The van der Waals surface area contributed by atoms with Crippen LogP contribution in [0.5, 0.6) is 0 Å². The number of halogens is 1. The van der Waals surface area contributed by atoms with Crippen LogP contribution in [0.25, 0.3) is 0 Å². The molecule has 3 heteroatoms. The predicted octanol–water partition coefficient (Wildman–Crippen LogP) is 3.51. The summed E-state index contributed by atoms with van der Waals surface area (Å²) in [6, 6.07) is 14.6. The van der Waals surface area contributed by atoms with Gasteiger partial charge in [-0.2, -0.15) is 0 Å². The molecule has 1 aliphatic rings. The second kappa shape index (κ2) is 5.68. The van der Waals surface area contributed by atoms with E-state index in [0.717, 1.165) is 17.4 Å². The molecule has 0 fully saturated rings. The number of rotatable bonds is 3. The first-order valence-electron chi connectivity index (χ1n) is 6.89. The molecule has 3 rings (SSSR count). The maximum absolute atomic E-state index is 10.2. The molecule has 2 atom stereocenters. The van der Waals surface area contributed by atoms with Crippen molar-refractivity contribution in [2.24, 2.45) is 0 Å². The topological polar surface area (TPSA) is 32.3 Å². The smallest absolute Gasteiger partial charge is 0.0775 e. The summed E-state index contributed by atoms with van der Waals surface area (Å²) >= 11 is 3.48. The van der Waals surface area contributed by atoms with E-state index in [-0.39, 0.29) is 12.1 Å².